The molecule has 1 aromatic carbocycles. The Morgan fingerprint density at radius 2 is 1.69 bits per heavy atom. The zero-order valence-corrected chi connectivity index (χ0v) is 10.2. The van der Waals surface area contributed by atoms with Crippen LogP contribution in [-0.4, -0.2) is 32.3 Å². The Bertz CT molecular complexity index is 326. The van der Waals surface area contributed by atoms with E-state index in [2.05, 4.69) is 48.3 Å². The van der Waals surface area contributed by atoms with Crippen LogP contribution in [0.1, 0.15) is 13.8 Å². The average molecular weight is 220 g/mol. The van der Waals surface area contributed by atoms with Gasteiger partial charge in [0.05, 0.1) is 12.2 Å². The lowest BCUT2D eigenvalue weighted by Gasteiger charge is -2.36. The van der Waals surface area contributed by atoms with E-state index in [1.165, 1.54) is 5.69 Å². The Balaban J connectivity index is 2.10. The van der Waals surface area contributed by atoms with Gasteiger partial charge < -0.3 is 15.0 Å². The van der Waals surface area contributed by atoms with Gasteiger partial charge in [0.25, 0.3) is 0 Å². The molecule has 1 heterocycles. The third-order valence-corrected chi connectivity index (χ3v) is 2.94. The Hall–Kier alpha value is -1.22. The van der Waals surface area contributed by atoms with Crippen LogP contribution in [0.15, 0.2) is 24.3 Å². The second-order valence-electron chi connectivity index (χ2n) is 4.46. The lowest BCUT2D eigenvalue weighted by Crippen LogP contribution is -2.45. The highest BCUT2D eigenvalue weighted by Crippen LogP contribution is 2.21. The first kappa shape index (κ1) is 11.3. The van der Waals surface area contributed by atoms with Crippen molar-refractivity contribution in [3.63, 3.8) is 0 Å². The third-order valence-electron chi connectivity index (χ3n) is 2.94. The molecule has 0 bridgehead atoms. The Kier molecular flexibility index (Phi) is 3.34. The summed E-state index contributed by atoms with van der Waals surface area (Å²) in [6.07, 6.45) is 0.625. The fourth-order valence-electron chi connectivity index (χ4n) is 2.23. The van der Waals surface area contributed by atoms with E-state index in [-0.39, 0.29) is 0 Å². The number of ether oxygens (including phenoxy) is 1. The van der Waals surface area contributed by atoms with Crippen molar-refractivity contribution in [3.05, 3.63) is 24.3 Å². The molecule has 0 aliphatic carbocycles. The van der Waals surface area contributed by atoms with Crippen LogP contribution >= 0.6 is 0 Å². The molecule has 88 valence electrons. The molecule has 0 radical (unpaired) electrons. The molecular weight excluding hydrogens is 200 g/mol. The summed E-state index contributed by atoms with van der Waals surface area (Å²) in [5, 5.41) is 3.13. The Morgan fingerprint density at radius 3 is 2.19 bits per heavy atom. The van der Waals surface area contributed by atoms with Crippen molar-refractivity contribution >= 4 is 11.4 Å². The number of hydrogen-bond acceptors (Lipinski definition) is 3. The van der Waals surface area contributed by atoms with Gasteiger partial charge in [-0.1, -0.05) is 0 Å². The van der Waals surface area contributed by atoms with Gasteiger partial charge in [-0.25, -0.2) is 0 Å². The minimum Gasteiger partial charge on any atom is -0.388 e. The second kappa shape index (κ2) is 4.74. The van der Waals surface area contributed by atoms with Gasteiger partial charge in [-0.15, -0.1) is 0 Å². The van der Waals surface area contributed by atoms with E-state index in [1.54, 1.807) is 0 Å². The smallest absolute Gasteiger partial charge is 0.0726 e. The van der Waals surface area contributed by atoms with Crippen molar-refractivity contribution in [2.75, 3.05) is 30.4 Å². The highest BCUT2D eigenvalue weighted by Gasteiger charge is 2.22. The molecule has 0 unspecified atom stereocenters. The summed E-state index contributed by atoms with van der Waals surface area (Å²) < 4.78 is 5.73. The predicted molar refractivity (Wildman–Crippen MR) is 68.2 cm³/mol. The molecule has 0 saturated carbocycles. The van der Waals surface area contributed by atoms with Gasteiger partial charge in [-0.2, -0.15) is 0 Å². The molecule has 3 heteroatoms. The van der Waals surface area contributed by atoms with Gasteiger partial charge >= 0.3 is 0 Å². The predicted octanol–water partition coefficient (Wildman–Crippen LogP) is 2.34. The van der Waals surface area contributed by atoms with Crippen molar-refractivity contribution < 1.29 is 4.74 Å². The van der Waals surface area contributed by atoms with E-state index < -0.39 is 0 Å². The van der Waals surface area contributed by atoms with E-state index in [0.717, 1.165) is 18.8 Å². The van der Waals surface area contributed by atoms with Crippen LogP contribution in [0.5, 0.6) is 0 Å². The molecule has 1 N–H and O–H groups in total. The number of rotatable bonds is 2. The summed E-state index contributed by atoms with van der Waals surface area (Å²) in [6, 6.07) is 8.55. The van der Waals surface area contributed by atoms with Crippen molar-refractivity contribution in [2.45, 2.75) is 26.1 Å². The lowest BCUT2D eigenvalue weighted by atomic mass is 10.2. The fraction of sp³-hybridized carbons (Fsp3) is 0.538. The van der Waals surface area contributed by atoms with Crippen LogP contribution < -0.4 is 10.2 Å². The zero-order chi connectivity index (χ0) is 11.5. The monoisotopic (exact) mass is 220 g/mol. The molecule has 0 aromatic heterocycles. The van der Waals surface area contributed by atoms with Gasteiger partial charge in [0.2, 0.25) is 0 Å². The molecule has 1 fully saturated rings. The van der Waals surface area contributed by atoms with E-state index in [9.17, 15) is 0 Å². The lowest BCUT2D eigenvalue weighted by molar-refractivity contribution is -0.00521. The van der Waals surface area contributed by atoms with Crippen molar-refractivity contribution in [1.29, 1.82) is 0 Å². The molecule has 2 atom stereocenters. The van der Waals surface area contributed by atoms with E-state index in [4.69, 9.17) is 4.74 Å². The minimum absolute atomic E-state index is 0.313. The van der Waals surface area contributed by atoms with Crippen LogP contribution in [0.4, 0.5) is 11.4 Å². The Labute approximate surface area is 97.4 Å². The largest absolute Gasteiger partial charge is 0.388 e. The first-order valence-electron chi connectivity index (χ1n) is 5.87. The maximum Gasteiger partial charge on any atom is 0.0726 e. The summed E-state index contributed by atoms with van der Waals surface area (Å²) >= 11 is 0. The SMILES string of the molecule is CNc1ccc(N2C[C@@H](C)O[C@@H](C)C2)cc1. The fourth-order valence-corrected chi connectivity index (χ4v) is 2.23. The van der Waals surface area contributed by atoms with E-state index in [1.807, 2.05) is 7.05 Å². The number of benzene rings is 1. The summed E-state index contributed by atoms with van der Waals surface area (Å²) in [7, 11) is 1.94. The van der Waals surface area contributed by atoms with Crippen LogP contribution in [-0.2, 0) is 4.74 Å². The van der Waals surface area contributed by atoms with Crippen molar-refractivity contribution in [1.82, 2.24) is 0 Å². The zero-order valence-electron chi connectivity index (χ0n) is 10.2. The van der Waals surface area contributed by atoms with Crippen molar-refractivity contribution in [2.24, 2.45) is 0 Å². The molecule has 16 heavy (non-hydrogen) atoms. The van der Waals surface area contributed by atoms with Gasteiger partial charge in [0.15, 0.2) is 0 Å². The highest BCUT2D eigenvalue weighted by molar-refractivity contribution is 5.55. The van der Waals surface area contributed by atoms with Gasteiger partial charge in [0.1, 0.15) is 0 Å². The van der Waals surface area contributed by atoms with Crippen LogP contribution in [0.25, 0.3) is 0 Å². The van der Waals surface area contributed by atoms with Crippen LogP contribution in [0.3, 0.4) is 0 Å². The normalized spacial score (nSPS) is 25.6. The molecule has 1 aromatic rings. The summed E-state index contributed by atoms with van der Waals surface area (Å²) in [6.45, 7) is 6.21. The molecule has 3 nitrogen and oxygen atoms in total. The third kappa shape index (κ3) is 2.47. The topological polar surface area (TPSA) is 24.5 Å². The summed E-state index contributed by atoms with van der Waals surface area (Å²) in [5.74, 6) is 0. The van der Waals surface area contributed by atoms with Gasteiger partial charge in [-0.3, -0.25) is 0 Å². The highest BCUT2D eigenvalue weighted by atomic mass is 16.5. The molecule has 1 saturated heterocycles. The molecule has 1 aliphatic rings. The maximum absolute atomic E-state index is 5.73. The number of nitrogens with zero attached hydrogens (tertiary/aromatic N) is 1. The average Bonchev–Trinajstić information content (AvgIpc) is 2.28. The molecular formula is C13H20N2O. The molecule has 1 aliphatic heterocycles. The van der Waals surface area contributed by atoms with Crippen LogP contribution in [0.2, 0.25) is 0 Å². The quantitative estimate of drug-likeness (QED) is 0.828. The van der Waals surface area contributed by atoms with Crippen LogP contribution in [0, 0.1) is 0 Å². The second-order valence-corrected chi connectivity index (χ2v) is 4.46. The first-order chi connectivity index (χ1) is 7.69. The number of morpholine rings is 1. The maximum atomic E-state index is 5.73. The number of nitrogens with one attached hydrogen (secondary N) is 1. The number of hydrogen-bond donors (Lipinski definition) is 1. The van der Waals surface area contributed by atoms with E-state index >= 15 is 0 Å². The summed E-state index contributed by atoms with van der Waals surface area (Å²) in [4.78, 5) is 2.39. The first-order valence-corrected chi connectivity index (χ1v) is 5.87. The van der Waals surface area contributed by atoms with Gasteiger partial charge in [-0.05, 0) is 38.1 Å². The molecule has 2 rings (SSSR count). The minimum atomic E-state index is 0.313. The number of anilines is 2. The molecule has 0 amide bonds. The molecule has 0 spiro atoms. The standard InChI is InChI=1S/C13H20N2O/c1-10-8-15(9-11(2)16-10)13-6-4-12(14-3)5-7-13/h4-7,10-11,14H,8-9H2,1-3H3/t10-,11+. The Morgan fingerprint density at radius 1 is 1.12 bits per heavy atom. The van der Waals surface area contributed by atoms with Gasteiger partial charge in [0, 0.05) is 31.5 Å². The van der Waals surface area contributed by atoms with E-state index in [0.29, 0.717) is 12.2 Å². The van der Waals surface area contributed by atoms with Crippen molar-refractivity contribution in [3.8, 4) is 0 Å². The summed E-state index contributed by atoms with van der Waals surface area (Å²) in [5.41, 5.74) is 2.43.